The Morgan fingerprint density at radius 1 is 1.17 bits per heavy atom. The van der Waals surface area contributed by atoms with E-state index < -0.39 is 24.5 Å². The van der Waals surface area contributed by atoms with Crippen LogP contribution in [0.4, 0.5) is 4.79 Å². The molecule has 0 aliphatic carbocycles. The Balaban J connectivity index is 3.03. The summed E-state index contributed by atoms with van der Waals surface area (Å²) in [4.78, 5) is 33.9. The van der Waals surface area contributed by atoms with Gasteiger partial charge in [0.1, 0.15) is 11.3 Å². The second-order valence-electron chi connectivity index (χ2n) is 5.80. The van der Waals surface area contributed by atoms with Crippen LogP contribution in [0.3, 0.4) is 0 Å². The van der Waals surface area contributed by atoms with Gasteiger partial charge in [0, 0.05) is 0 Å². The van der Waals surface area contributed by atoms with Crippen LogP contribution in [-0.4, -0.2) is 29.6 Å². The van der Waals surface area contributed by atoms with Crippen molar-refractivity contribution in [3.8, 4) is 5.75 Å². The van der Waals surface area contributed by atoms with Crippen LogP contribution in [0.25, 0.3) is 0 Å². The molecule has 0 aliphatic rings. The number of hydrogen-bond donors (Lipinski definition) is 3. The first-order valence-corrected chi connectivity index (χ1v) is 7.26. The summed E-state index contributed by atoms with van der Waals surface area (Å²) in [6.45, 7) is 7.06. The summed E-state index contributed by atoms with van der Waals surface area (Å²) < 4.78 is 4.82. The maximum absolute atomic E-state index is 12.1. The molecule has 3 amide bonds. The first kappa shape index (κ1) is 18.5. The van der Waals surface area contributed by atoms with Crippen LogP contribution in [-0.2, 0) is 9.53 Å². The largest absolute Gasteiger partial charge is 0.507 e. The molecular weight excluding hydrogens is 300 g/mol. The van der Waals surface area contributed by atoms with Crippen LogP contribution in [0.1, 0.15) is 61.0 Å². The number of nitrogens with two attached hydrogens (primary N) is 1. The van der Waals surface area contributed by atoms with E-state index in [9.17, 15) is 19.5 Å². The summed E-state index contributed by atoms with van der Waals surface area (Å²) in [5, 5.41) is 12.1. The third-order valence-corrected chi connectivity index (χ3v) is 3.27. The van der Waals surface area contributed by atoms with Crippen LogP contribution >= 0.6 is 0 Å². The fourth-order valence-electron chi connectivity index (χ4n) is 1.99. The van der Waals surface area contributed by atoms with E-state index >= 15 is 0 Å². The van der Waals surface area contributed by atoms with E-state index in [1.165, 1.54) is 0 Å². The molecule has 23 heavy (non-hydrogen) atoms. The van der Waals surface area contributed by atoms with Gasteiger partial charge in [-0.15, -0.1) is 0 Å². The molecule has 0 saturated carbocycles. The second kappa shape index (κ2) is 7.62. The Morgan fingerprint density at radius 2 is 1.78 bits per heavy atom. The van der Waals surface area contributed by atoms with Crippen LogP contribution in [0, 0.1) is 0 Å². The fraction of sp³-hybridized carbons (Fsp3) is 0.438. The predicted octanol–water partition coefficient (Wildman–Crippen LogP) is 1.99. The molecule has 0 heterocycles. The van der Waals surface area contributed by atoms with Gasteiger partial charge >= 0.3 is 12.0 Å². The molecule has 0 spiro atoms. The van der Waals surface area contributed by atoms with Crippen LogP contribution in [0.15, 0.2) is 12.1 Å². The van der Waals surface area contributed by atoms with E-state index in [1.807, 2.05) is 33.8 Å². The highest BCUT2D eigenvalue weighted by Gasteiger charge is 2.21. The van der Waals surface area contributed by atoms with Gasteiger partial charge in [0.15, 0.2) is 6.61 Å². The van der Waals surface area contributed by atoms with Gasteiger partial charge in [-0.3, -0.25) is 10.1 Å². The summed E-state index contributed by atoms with van der Waals surface area (Å²) >= 11 is 0. The van der Waals surface area contributed by atoms with Crippen LogP contribution in [0.5, 0.6) is 5.75 Å². The number of amides is 3. The van der Waals surface area contributed by atoms with E-state index in [0.717, 1.165) is 5.56 Å². The average molecular weight is 322 g/mol. The first-order valence-electron chi connectivity index (χ1n) is 7.26. The molecule has 0 bridgehead atoms. The second-order valence-corrected chi connectivity index (χ2v) is 5.80. The third kappa shape index (κ3) is 4.98. The summed E-state index contributed by atoms with van der Waals surface area (Å²) in [6.07, 6.45) is 0. The fourth-order valence-corrected chi connectivity index (χ4v) is 1.99. The zero-order valence-corrected chi connectivity index (χ0v) is 13.7. The molecule has 7 heteroatoms. The molecule has 0 saturated heterocycles. The number of primary amides is 1. The number of rotatable bonds is 5. The van der Waals surface area contributed by atoms with E-state index in [0.29, 0.717) is 5.56 Å². The smallest absolute Gasteiger partial charge is 0.342 e. The Labute approximate surface area is 134 Å². The zero-order valence-electron chi connectivity index (χ0n) is 13.7. The standard InChI is InChI=1S/C16H22N2O5/c1-8(2)10-5-11(9(3)4)14(20)12(6-10)15(21)23-7-13(19)18-16(17)22/h5-6,8-9,20H,7H2,1-4H3,(H3,17,18,19,22). The minimum Gasteiger partial charge on any atom is -0.507 e. The number of imide groups is 1. The van der Waals surface area contributed by atoms with Gasteiger partial charge < -0.3 is 15.6 Å². The van der Waals surface area contributed by atoms with E-state index in [4.69, 9.17) is 10.5 Å². The molecule has 7 nitrogen and oxygen atoms in total. The number of carbonyl (C=O) groups is 3. The monoisotopic (exact) mass is 322 g/mol. The van der Waals surface area contributed by atoms with Crippen molar-refractivity contribution in [3.63, 3.8) is 0 Å². The molecule has 1 rings (SSSR count). The number of benzene rings is 1. The number of urea groups is 1. The summed E-state index contributed by atoms with van der Waals surface area (Å²) in [6, 6.07) is 2.36. The molecule has 0 aliphatic heterocycles. The third-order valence-electron chi connectivity index (χ3n) is 3.27. The lowest BCUT2D eigenvalue weighted by Gasteiger charge is -2.16. The number of hydrogen-bond acceptors (Lipinski definition) is 5. The normalized spacial score (nSPS) is 10.7. The maximum Gasteiger partial charge on any atom is 0.342 e. The van der Waals surface area contributed by atoms with E-state index in [1.54, 1.807) is 11.4 Å². The van der Waals surface area contributed by atoms with Gasteiger partial charge in [-0.25, -0.2) is 9.59 Å². The molecule has 0 radical (unpaired) electrons. The van der Waals surface area contributed by atoms with Gasteiger partial charge in [0.25, 0.3) is 5.91 Å². The van der Waals surface area contributed by atoms with Crippen molar-refractivity contribution in [1.82, 2.24) is 5.32 Å². The number of carbonyl (C=O) groups excluding carboxylic acids is 3. The van der Waals surface area contributed by atoms with Gasteiger partial charge in [0.05, 0.1) is 0 Å². The lowest BCUT2D eigenvalue weighted by molar-refractivity contribution is -0.123. The van der Waals surface area contributed by atoms with E-state index in [2.05, 4.69) is 0 Å². The highest BCUT2D eigenvalue weighted by Crippen LogP contribution is 2.33. The molecule has 0 fully saturated rings. The van der Waals surface area contributed by atoms with Gasteiger partial charge in [0.2, 0.25) is 0 Å². The van der Waals surface area contributed by atoms with Gasteiger partial charge in [-0.1, -0.05) is 33.8 Å². The lowest BCUT2D eigenvalue weighted by Crippen LogP contribution is -2.37. The highest BCUT2D eigenvalue weighted by molar-refractivity contribution is 5.97. The van der Waals surface area contributed by atoms with Crippen LogP contribution in [0.2, 0.25) is 0 Å². The number of nitrogens with one attached hydrogen (secondary N) is 1. The molecule has 126 valence electrons. The quantitative estimate of drug-likeness (QED) is 0.716. The number of phenolic OH excluding ortho intramolecular Hbond substituents is 1. The minimum absolute atomic E-state index is 0.00762. The van der Waals surface area contributed by atoms with Crippen molar-refractivity contribution >= 4 is 17.9 Å². The highest BCUT2D eigenvalue weighted by atomic mass is 16.5. The van der Waals surface area contributed by atoms with Crippen molar-refractivity contribution in [2.24, 2.45) is 5.73 Å². The Morgan fingerprint density at radius 3 is 2.26 bits per heavy atom. The summed E-state index contributed by atoms with van der Waals surface area (Å²) in [7, 11) is 0. The molecule has 1 aromatic carbocycles. The Hall–Kier alpha value is -2.57. The van der Waals surface area contributed by atoms with Crippen molar-refractivity contribution in [1.29, 1.82) is 0 Å². The minimum atomic E-state index is -1.03. The first-order chi connectivity index (χ1) is 10.6. The maximum atomic E-state index is 12.1. The lowest BCUT2D eigenvalue weighted by atomic mass is 9.92. The van der Waals surface area contributed by atoms with Crippen molar-refractivity contribution in [3.05, 3.63) is 28.8 Å². The number of aromatic hydroxyl groups is 1. The number of ether oxygens (including phenoxy) is 1. The molecule has 0 aromatic heterocycles. The molecule has 0 unspecified atom stereocenters. The summed E-state index contributed by atoms with van der Waals surface area (Å²) in [5.74, 6) is -1.68. The predicted molar refractivity (Wildman–Crippen MR) is 84.3 cm³/mol. The summed E-state index contributed by atoms with van der Waals surface area (Å²) in [5.41, 5.74) is 6.29. The van der Waals surface area contributed by atoms with Crippen molar-refractivity contribution in [2.75, 3.05) is 6.61 Å². The molecule has 0 atom stereocenters. The SMILES string of the molecule is CC(C)c1cc(C(=O)OCC(=O)NC(N)=O)c(O)c(C(C)C)c1. The number of esters is 1. The Kier molecular flexibility index (Phi) is 6.12. The Bertz CT molecular complexity index is 623. The van der Waals surface area contributed by atoms with E-state index in [-0.39, 0.29) is 23.1 Å². The molecular formula is C16H22N2O5. The van der Waals surface area contributed by atoms with Crippen LogP contribution < -0.4 is 11.1 Å². The molecule has 1 aromatic rings. The topological polar surface area (TPSA) is 119 Å². The number of phenols is 1. The van der Waals surface area contributed by atoms with Gasteiger partial charge in [-0.2, -0.15) is 0 Å². The molecule has 4 N–H and O–H groups in total. The van der Waals surface area contributed by atoms with Crippen molar-refractivity contribution in [2.45, 2.75) is 39.5 Å². The zero-order chi connectivity index (χ0) is 17.7. The van der Waals surface area contributed by atoms with Crippen molar-refractivity contribution < 1.29 is 24.2 Å². The van der Waals surface area contributed by atoms with Gasteiger partial charge in [-0.05, 0) is 29.0 Å². The average Bonchev–Trinajstić information content (AvgIpc) is 2.43.